The van der Waals surface area contributed by atoms with Crippen LogP contribution in [0.15, 0.2) is 72.8 Å². The maximum Gasteiger partial charge on any atom is 0.336 e. The number of methoxy groups -OCH3 is 1. The summed E-state index contributed by atoms with van der Waals surface area (Å²) in [6, 6.07) is 21.1. The maximum absolute atomic E-state index is 12.2. The van der Waals surface area contributed by atoms with Gasteiger partial charge < -0.3 is 14.5 Å². The Labute approximate surface area is 150 Å². The lowest BCUT2D eigenvalue weighted by Gasteiger charge is -2.04. The smallest absolute Gasteiger partial charge is 0.336 e. The Morgan fingerprint density at radius 2 is 1.69 bits per heavy atom. The molecule has 0 fully saturated rings. The lowest BCUT2D eigenvalue weighted by molar-refractivity contribution is -0.128. The number of benzene rings is 3. The molecule has 0 bridgehead atoms. The first-order chi connectivity index (χ1) is 12.7. The molecule has 1 heterocycles. The highest BCUT2D eigenvalue weighted by molar-refractivity contribution is 6.07. The number of carbonyl (C=O) groups excluding carboxylic acids is 1. The molecule has 0 saturated heterocycles. The molecule has 4 rings (SSSR count). The average Bonchev–Trinajstić information content (AvgIpc) is 3.04. The third-order valence-electron chi connectivity index (χ3n) is 4.23. The standard InChI is InChI=1S/C22H17NO3/c1-25-21-9-5-2-6-15(21)10-13-22(24)26-16-11-12-20-18(14-16)17-7-3-4-8-19(17)23-20/h2-14,23H,1H3/b13-10+. The fourth-order valence-corrected chi connectivity index (χ4v) is 3.00. The molecule has 0 aliphatic carbocycles. The number of carbonyl (C=O) groups is 1. The van der Waals surface area contributed by atoms with E-state index in [0.29, 0.717) is 11.5 Å². The first kappa shape index (κ1) is 16.0. The minimum absolute atomic E-state index is 0.435. The van der Waals surface area contributed by atoms with Gasteiger partial charge in [-0.1, -0.05) is 36.4 Å². The van der Waals surface area contributed by atoms with Crippen molar-refractivity contribution in [2.24, 2.45) is 0 Å². The molecule has 3 aromatic carbocycles. The van der Waals surface area contributed by atoms with E-state index in [-0.39, 0.29) is 0 Å². The van der Waals surface area contributed by atoms with Gasteiger partial charge >= 0.3 is 5.97 Å². The highest BCUT2D eigenvalue weighted by Gasteiger charge is 2.07. The molecule has 0 saturated carbocycles. The number of ether oxygens (including phenoxy) is 2. The number of esters is 1. The highest BCUT2D eigenvalue weighted by atomic mass is 16.5. The molecule has 0 aliphatic heterocycles. The van der Waals surface area contributed by atoms with Gasteiger partial charge in [0.05, 0.1) is 7.11 Å². The topological polar surface area (TPSA) is 51.3 Å². The van der Waals surface area contributed by atoms with E-state index in [1.807, 2.05) is 60.7 Å². The van der Waals surface area contributed by atoms with E-state index in [9.17, 15) is 4.79 Å². The SMILES string of the molecule is COc1ccccc1/C=C/C(=O)Oc1ccc2[nH]c3ccccc3c2c1. The van der Waals surface area contributed by atoms with Crippen LogP contribution in [0.4, 0.5) is 0 Å². The van der Waals surface area contributed by atoms with E-state index in [1.165, 1.54) is 6.08 Å². The Kier molecular flexibility index (Phi) is 4.15. The van der Waals surface area contributed by atoms with Crippen LogP contribution in [0.1, 0.15) is 5.56 Å². The Bertz CT molecular complexity index is 1120. The third-order valence-corrected chi connectivity index (χ3v) is 4.23. The maximum atomic E-state index is 12.2. The number of hydrogen-bond acceptors (Lipinski definition) is 3. The van der Waals surface area contributed by atoms with E-state index < -0.39 is 5.97 Å². The van der Waals surface area contributed by atoms with Crippen LogP contribution in [0.25, 0.3) is 27.9 Å². The summed E-state index contributed by atoms with van der Waals surface area (Å²) >= 11 is 0. The minimum atomic E-state index is -0.435. The van der Waals surface area contributed by atoms with Crippen molar-refractivity contribution in [2.45, 2.75) is 0 Å². The molecule has 1 aromatic heterocycles. The van der Waals surface area contributed by atoms with Crippen molar-refractivity contribution >= 4 is 33.9 Å². The van der Waals surface area contributed by atoms with Crippen LogP contribution in [0.5, 0.6) is 11.5 Å². The van der Waals surface area contributed by atoms with Crippen molar-refractivity contribution in [2.75, 3.05) is 7.11 Å². The van der Waals surface area contributed by atoms with Gasteiger partial charge in [0.1, 0.15) is 11.5 Å². The van der Waals surface area contributed by atoms with E-state index >= 15 is 0 Å². The van der Waals surface area contributed by atoms with Crippen molar-refractivity contribution in [3.8, 4) is 11.5 Å². The van der Waals surface area contributed by atoms with Crippen molar-refractivity contribution < 1.29 is 14.3 Å². The molecule has 0 spiro atoms. The number of nitrogens with one attached hydrogen (secondary N) is 1. The second-order valence-corrected chi connectivity index (χ2v) is 5.87. The lowest BCUT2D eigenvalue weighted by atomic mass is 10.1. The number of aromatic nitrogens is 1. The Morgan fingerprint density at radius 1 is 0.923 bits per heavy atom. The predicted molar refractivity (Wildman–Crippen MR) is 103 cm³/mol. The number of H-pyrrole nitrogens is 1. The summed E-state index contributed by atoms with van der Waals surface area (Å²) in [5.74, 6) is 0.781. The molecule has 4 aromatic rings. The number of para-hydroxylation sites is 2. The third kappa shape index (κ3) is 3.05. The molecule has 0 atom stereocenters. The molecule has 4 heteroatoms. The molecule has 128 valence electrons. The van der Waals surface area contributed by atoms with Gasteiger partial charge in [0.25, 0.3) is 0 Å². The molecular formula is C22H17NO3. The summed E-state index contributed by atoms with van der Waals surface area (Å²) in [5.41, 5.74) is 2.89. The van der Waals surface area contributed by atoms with Gasteiger partial charge in [0, 0.05) is 33.4 Å². The van der Waals surface area contributed by atoms with Crippen molar-refractivity contribution in [1.29, 1.82) is 0 Å². The monoisotopic (exact) mass is 343 g/mol. The van der Waals surface area contributed by atoms with E-state index in [4.69, 9.17) is 9.47 Å². The zero-order chi connectivity index (χ0) is 17.9. The average molecular weight is 343 g/mol. The normalized spacial score (nSPS) is 11.3. The second kappa shape index (κ2) is 6.76. The number of aromatic amines is 1. The lowest BCUT2D eigenvalue weighted by Crippen LogP contribution is -2.03. The number of rotatable bonds is 4. The van der Waals surface area contributed by atoms with Crippen LogP contribution in [0.3, 0.4) is 0 Å². The number of fused-ring (bicyclic) bond motifs is 3. The molecule has 1 N–H and O–H groups in total. The Balaban J connectivity index is 1.57. The van der Waals surface area contributed by atoms with E-state index in [0.717, 1.165) is 27.4 Å². The van der Waals surface area contributed by atoms with Gasteiger partial charge in [0.15, 0.2) is 0 Å². The Morgan fingerprint density at radius 3 is 2.58 bits per heavy atom. The van der Waals surface area contributed by atoms with Gasteiger partial charge in [-0.2, -0.15) is 0 Å². The van der Waals surface area contributed by atoms with Gasteiger partial charge in [-0.25, -0.2) is 4.79 Å². The van der Waals surface area contributed by atoms with Crippen LogP contribution in [0.2, 0.25) is 0 Å². The summed E-state index contributed by atoms with van der Waals surface area (Å²) in [6.07, 6.45) is 3.09. The summed E-state index contributed by atoms with van der Waals surface area (Å²) < 4.78 is 10.7. The van der Waals surface area contributed by atoms with Crippen molar-refractivity contribution in [1.82, 2.24) is 4.98 Å². The summed E-state index contributed by atoms with van der Waals surface area (Å²) in [5, 5.41) is 2.13. The predicted octanol–water partition coefficient (Wildman–Crippen LogP) is 4.95. The first-order valence-corrected chi connectivity index (χ1v) is 8.28. The summed E-state index contributed by atoms with van der Waals surface area (Å²) in [4.78, 5) is 15.5. The van der Waals surface area contributed by atoms with Gasteiger partial charge in [-0.15, -0.1) is 0 Å². The zero-order valence-corrected chi connectivity index (χ0v) is 14.2. The van der Waals surface area contributed by atoms with Crippen LogP contribution < -0.4 is 9.47 Å². The number of hydrogen-bond donors (Lipinski definition) is 1. The first-order valence-electron chi connectivity index (χ1n) is 8.28. The van der Waals surface area contributed by atoms with Crippen LogP contribution in [-0.2, 0) is 4.79 Å². The molecule has 0 unspecified atom stereocenters. The molecule has 4 nitrogen and oxygen atoms in total. The fourth-order valence-electron chi connectivity index (χ4n) is 3.00. The molecule has 0 amide bonds. The van der Waals surface area contributed by atoms with Gasteiger partial charge in [-0.05, 0) is 36.4 Å². The summed E-state index contributed by atoms with van der Waals surface area (Å²) in [6.45, 7) is 0. The van der Waals surface area contributed by atoms with E-state index in [2.05, 4.69) is 4.98 Å². The van der Waals surface area contributed by atoms with Crippen LogP contribution in [0, 0.1) is 0 Å². The van der Waals surface area contributed by atoms with Crippen LogP contribution in [-0.4, -0.2) is 18.1 Å². The van der Waals surface area contributed by atoms with Gasteiger partial charge in [-0.3, -0.25) is 0 Å². The largest absolute Gasteiger partial charge is 0.496 e. The van der Waals surface area contributed by atoms with Gasteiger partial charge in [0.2, 0.25) is 0 Å². The van der Waals surface area contributed by atoms with E-state index in [1.54, 1.807) is 19.3 Å². The molecule has 0 aliphatic rings. The Hall–Kier alpha value is -3.53. The fraction of sp³-hybridized carbons (Fsp3) is 0.0455. The molecule has 26 heavy (non-hydrogen) atoms. The minimum Gasteiger partial charge on any atom is -0.496 e. The van der Waals surface area contributed by atoms with Crippen molar-refractivity contribution in [3.63, 3.8) is 0 Å². The second-order valence-electron chi connectivity index (χ2n) is 5.87. The van der Waals surface area contributed by atoms with Crippen molar-refractivity contribution in [3.05, 3.63) is 78.4 Å². The molecular weight excluding hydrogens is 326 g/mol. The zero-order valence-electron chi connectivity index (χ0n) is 14.2. The molecule has 0 radical (unpaired) electrons. The quantitative estimate of drug-likeness (QED) is 0.324. The summed E-state index contributed by atoms with van der Waals surface area (Å²) in [7, 11) is 1.60. The highest BCUT2D eigenvalue weighted by Crippen LogP contribution is 2.28. The van der Waals surface area contributed by atoms with Crippen LogP contribution >= 0.6 is 0 Å².